The van der Waals surface area contributed by atoms with E-state index >= 15 is 0 Å². The zero-order valence-electron chi connectivity index (χ0n) is 16.8. The average molecular weight is 403 g/mol. The third kappa shape index (κ3) is 4.05. The third-order valence-corrected chi connectivity index (χ3v) is 6.62. The molecule has 1 aliphatic rings. The molecule has 0 fully saturated rings. The fraction of sp³-hybridized carbons (Fsp3) is 0.381. The first-order valence-electron chi connectivity index (χ1n) is 9.13. The highest BCUT2D eigenvalue weighted by Crippen LogP contribution is 2.40. The van der Waals surface area contributed by atoms with Crippen LogP contribution in [0.2, 0.25) is 0 Å². The fourth-order valence-corrected chi connectivity index (χ4v) is 4.29. The third-order valence-electron chi connectivity index (χ3n) is 4.81. The lowest BCUT2D eigenvalue weighted by Gasteiger charge is -2.38. The minimum Gasteiger partial charge on any atom is -0.487 e. The number of fused-ring (bicyclic) bond motifs is 1. The van der Waals surface area contributed by atoms with Gasteiger partial charge in [-0.1, -0.05) is 18.2 Å². The minimum atomic E-state index is -3.60. The van der Waals surface area contributed by atoms with E-state index in [1.165, 1.54) is 26.2 Å². The molecule has 1 N–H and O–H groups in total. The zero-order valence-corrected chi connectivity index (χ0v) is 17.6. The van der Waals surface area contributed by atoms with Crippen molar-refractivity contribution in [1.82, 2.24) is 9.62 Å². The lowest BCUT2D eigenvalue weighted by atomic mass is 9.89. The monoisotopic (exact) mass is 402 g/mol. The van der Waals surface area contributed by atoms with Gasteiger partial charge in [-0.2, -0.15) is 0 Å². The maximum Gasteiger partial charge on any atom is 0.251 e. The molecule has 6 nitrogen and oxygen atoms in total. The number of hydrogen-bond acceptors (Lipinski definition) is 4. The van der Waals surface area contributed by atoms with Gasteiger partial charge in [0.25, 0.3) is 5.91 Å². The van der Waals surface area contributed by atoms with Crippen molar-refractivity contribution in [3.8, 4) is 5.75 Å². The maximum atomic E-state index is 12.9. The molecule has 0 aliphatic carbocycles. The standard InChI is InChI=1S/C21H26N2O4S/c1-14-9-10-17-18(13-21(2,3)27-19(17)11-14)22-20(24)15-7-6-8-16(12-15)28(25,26)23(4)5/h6-12,18H,13H2,1-5H3,(H,22,24)/t18-/m1/s1. The van der Waals surface area contributed by atoms with Crippen molar-refractivity contribution in [2.45, 2.75) is 43.7 Å². The van der Waals surface area contributed by atoms with Crippen LogP contribution in [0.15, 0.2) is 47.4 Å². The Morgan fingerprint density at radius 1 is 1.18 bits per heavy atom. The molecule has 150 valence electrons. The lowest BCUT2D eigenvalue weighted by Crippen LogP contribution is -2.41. The molecule has 0 aromatic heterocycles. The zero-order chi connectivity index (χ0) is 20.7. The highest BCUT2D eigenvalue weighted by atomic mass is 32.2. The molecule has 3 rings (SSSR count). The molecule has 0 bridgehead atoms. The highest BCUT2D eigenvalue weighted by molar-refractivity contribution is 7.89. The Balaban J connectivity index is 1.90. The number of nitrogens with one attached hydrogen (secondary N) is 1. The number of ether oxygens (including phenoxy) is 1. The molecule has 1 atom stereocenters. The molecule has 0 saturated carbocycles. The Labute approximate surface area is 166 Å². The molecule has 1 amide bonds. The molecule has 1 aliphatic heterocycles. The predicted octanol–water partition coefficient (Wildman–Crippen LogP) is 3.28. The van der Waals surface area contributed by atoms with Crippen LogP contribution in [-0.4, -0.2) is 38.3 Å². The van der Waals surface area contributed by atoms with Gasteiger partial charge in [-0.25, -0.2) is 12.7 Å². The Kier molecular flexibility index (Phi) is 5.25. The van der Waals surface area contributed by atoms with Gasteiger partial charge >= 0.3 is 0 Å². The first-order chi connectivity index (χ1) is 13.0. The van der Waals surface area contributed by atoms with E-state index in [4.69, 9.17) is 4.74 Å². The number of hydrogen-bond donors (Lipinski definition) is 1. The van der Waals surface area contributed by atoms with Crippen molar-refractivity contribution >= 4 is 15.9 Å². The van der Waals surface area contributed by atoms with E-state index in [1.54, 1.807) is 12.1 Å². The van der Waals surface area contributed by atoms with Gasteiger partial charge in [0.1, 0.15) is 11.4 Å². The highest BCUT2D eigenvalue weighted by Gasteiger charge is 2.34. The van der Waals surface area contributed by atoms with E-state index < -0.39 is 15.6 Å². The Morgan fingerprint density at radius 2 is 1.89 bits per heavy atom. The second-order valence-corrected chi connectivity index (χ2v) is 10.1. The number of carbonyl (C=O) groups is 1. The van der Waals surface area contributed by atoms with Gasteiger partial charge in [-0.3, -0.25) is 4.79 Å². The molecule has 2 aromatic carbocycles. The summed E-state index contributed by atoms with van der Waals surface area (Å²) in [5, 5.41) is 3.05. The number of aryl methyl sites for hydroxylation is 1. The van der Waals surface area contributed by atoms with E-state index in [0.29, 0.717) is 12.0 Å². The molecule has 0 unspecified atom stereocenters. The molecule has 28 heavy (non-hydrogen) atoms. The van der Waals surface area contributed by atoms with Crippen LogP contribution < -0.4 is 10.1 Å². The number of carbonyl (C=O) groups excluding carboxylic acids is 1. The van der Waals surface area contributed by atoms with Gasteiger partial charge in [-0.15, -0.1) is 0 Å². The average Bonchev–Trinajstić information content (AvgIpc) is 2.60. The summed E-state index contributed by atoms with van der Waals surface area (Å²) in [5.41, 5.74) is 1.90. The number of amides is 1. The van der Waals surface area contributed by atoms with Gasteiger partial charge in [0, 0.05) is 31.6 Å². The second-order valence-electron chi connectivity index (χ2n) is 7.95. The van der Waals surface area contributed by atoms with E-state index in [9.17, 15) is 13.2 Å². The van der Waals surface area contributed by atoms with Gasteiger partial charge in [-0.05, 0) is 50.6 Å². The molecular formula is C21H26N2O4S. The summed E-state index contributed by atoms with van der Waals surface area (Å²) in [4.78, 5) is 13.0. The number of benzene rings is 2. The SMILES string of the molecule is Cc1ccc2c(c1)OC(C)(C)C[C@H]2NC(=O)c1cccc(S(=O)(=O)N(C)C)c1. The van der Waals surface area contributed by atoms with Crippen LogP contribution in [0.4, 0.5) is 0 Å². The molecule has 0 radical (unpaired) electrons. The summed E-state index contributed by atoms with van der Waals surface area (Å²) >= 11 is 0. The van der Waals surface area contributed by atoms with E-state index in [0.717, 1.165) is 21.2 Å². The molecule has 1 heterocycles. The van der Waals surface area contributed by atoms with Crippen LogP contribution in [0, 0.1) is 6.92 Å². The Bertz CT molecular complexity index is 1010. The lowest BCUT2D eigenvalue weighted by molar-refractivity contribution is 0.0619. The Hall–Kier alpha value is -2.38. The van der Waals surface area contributed by atoms with E-state index in [2.05, 4.69) is 5.32 Å². The van der Waals surface area contributed by atoms with Crippen molar-refractivity contribution in [2.24, 2.45) is 0 Å². The molecule has 0 spiro atoms. The van der Waals surface area contributed by atoms with Crippen LogP contribution in [-0.2, 0) is 10.0 Å². The molecule has 0 saturated heterocycles. The number of nitrogens with zero attached hydrogens (tertiary/aromatic N) is 1. The topological polar surface area (TPSA) is 75.7 Å². The van der Waals surface area contributed by atoms with Crippen molar-refractivity contribution in [2.75, 3.05) is 14.1 Å². The van der Waals surface area contributed by atoms with Crippen LogP contribution in [0.25, 0.3) is 0 Å². The maximum absolute atomic E-state index is 12.9. The largest absolute Gasteiger partial charge is 0.487 e. The summed E-state index contributed by atoms with van der Waals surface area (Å²) in [5.74, 6) is 0.454. The quantitative estimate of drug-likeness (QED) is 0.852. The van der Waals surface area contributed by atoms with Crippen molar-refractivity contribution in [3.05, 3.63) is 59.2 Å². The number of sulfonamides is 1. The minimum absolute atomic E-state index is 0.0912. The summed E-state index contributed by atoms with van der Waals surface area (Å²) in [6.07, 6.45) is 0.616. The van der Waals surface area contributed by atoms with E-state index in [1.807, 2.05) is 39.0 Å². The summed E-state index contributed by atoms with van der Waals surface area (Å²) in [6, 6.07) is 11.8. The summed E-state index contributed by atoms with van der Waals surface area (Å²) in [7, 11) is -0.678. The first-order valence-corrected chi connectivity index (χ1v) is 10.6. The normalized spacial score (nSPS) is 18.3. The van der Waals surface area contributed by atoms with Gasteiger partial charge in [0.15, 0.2) is 0 Å². The first kappa shape index (κ1) is 20.4. The van der Waals surface area contributed by atoms with Crippen LogP contribution >= 0.6 is 0 Å². The van der Waals surface area contributed by atoms with Gasteiger partial charge in [0.05, 0.1) is 10.9 Å². The number of rotatable bonds is 4. The summed E-state index contributed by atoms with van der Waals surface area (Å²) in [6.45, 7) is 5.97. The van der Waals surface area contributed by atoms with Crippen molar-refractivity contribution in [3.63, 3.8) is 0 Å². The van der Waals surface area contributed by atoms with Gasteiger partial charge in [0.2, 0.25) is 10.0 Å². The predicted molar refractivity (Wildman–Crippen MR) is 108 cm³/mol. The van der Waals surface area contributed by atoms with Crippen molar-refractivity contribution in [1.29, 1.82) is 0 Å². The molecule has 7 heteroatoms. The molecule has 2 aromatic rings. The van der Waals surface area contributed by atoms with Crippen molar-refractivity contribution < 1.29 is 17.9 Å². The summed E-state index contributed by atoms with van der Waals surface area (Å²) < 4.78 is 31.9. The van der Waals surface area contributed by atoms with Crippen LogP contribution in [0.5, 0.6) is 5.75 Å². The van der Waals surface area contributed by atoms with Crippen LogP contribution in [0.1, 0.15) is 47.8 Å². The second kappa shape index (κ2) is 7.22. The Morgan fingerprint density at radius 3 is 2.57 bits per heavy atom. The fourth-order valence-electron chi connectivity index (χ4n) is 3.34. The van der Waals surface area contributed by atoms with Crippen LogP contribution in [0.3, 0.4) is 0 Å². The van der Waals surface area contributed by atoms with Gasteiger partial charge < -0.3 is 10.1 Å². The smallest absolute Gasteiger partial charge is 0.251 e. The van der Waals surface area contributed by atoms with E-state index in [-0.39, 0.29) is 16.8 Å². The molecular weight excluding hydrogens is 376 g/mol.